The first kappa shape index (κ1) is 18.8. The van der Waals surface area contributed by atoms with E-state index >= 15 is 0 Å². The lowest BCUT2D eigenvalue weighted by atomic mass is 10.0. The van der Waals surface area contributed by atoms with Gasteiger partial charge in [-0.05, 0) is 30.7 Å². The number of benzene rings is 1. The Balaban J connectivity index is 1.75. The number of carbonyl (C=O) groups excluding carboxylic acids is 1. The summed E-state index contributed by atoms with van der Waals surface area (Å²) in [5.41, 5.74) is 2.86. The number of aromatic amines is 1. The van der Waals surface area contributed by atoms with Crippen molar-refractivity contribution in [1.29, 1.82) is 0 Å². The molecule has 0 aliphatic rings. The number of nitrogens with zero attached hydrogens (tertiary/aromatic N) is 4. The maximum absolute atomic E-state index is 13.0. The minimum Gasteiger partial charge on any atom is -0.355 e. The van der Waals surface area contributed by atoms with Crippen molar-refractivity contribution in [1.82, 2.24) is 30.0 Å². The van der Waals surface area contributed by atoms with Gasteiger partial charge in [-0.25, -0.2) is 4.98 Å². The fraction of sp³-hybridized carbons (Fsp3) is 0.150. The van der Waals surface area contributed by atoms with Crippen LogP contribution in [0.2, 0.25) is 5.15 Å². The van der Waals surface area contributed by atoms with Crippen LogP contribution in [0.15, 0.2) is 53.8 Å². The lowest BCUT2D eigenvalue weighted by molar-refractivity contribution is 0.0963. The summed E-state index contributed by atoms with van der Waals surface area (Å²) < 4.78 is 1.53. The summed E-state index contributed by atoms with van der Waals surface area (Å²) in [6.45, 7) is 1.88. The molecule has 9 heteroatoms. The highest BCUT2D eigenvalue weighted by Crippen LogP contribution is 2.25. The van der Waals surface area contributed by atoms with Gasteiger partial charge in [0.2, 0.25) is 0 Å². The van der Waals surface area contributed by atoms with E-state index in [1.165, 1.54) is 17.1 Å². The standard InChI is InChI=1S/C20H17ClN6O2/c1-11(12-4-3-5-13(6-12)19(28)22-2)27-10-24-17-7-16(14-9-25-26-18(14)21)23-8-15(17)20(27)29/h3-11H,1-2H3,(H,22,28)(H,25,26). The van der Waals surface area contributed by atoms with Crippen molar-refractivity contribution < 1.29 is 4.79 Å². The van der Waals surface area contributed by atoms with Crippen molar-refractivity contribution >= 4 is 28.4 Å². The van der Waals surface area contributed by atoms with Gasteiger partial charge in [-0.3, -0.25) is 24.2 Å². The molecule has 8 nitrogen and oxygen atoms in total. The van der Waals surface area contributed by atoms with Crippen LogP contribution >= 0.6 is 11.6 Å². The van der Waals surface area contributed by atoms with Crippen molar-refractivity contribution in [2.75, 3.05) is 7.05 Å². The molecule has 3 aromatic heterocycles. The fourth-order valence-electron chi connectivity index (χ4n) is 3.15. The zero-order chi connectivity index (χ0) is 20.5. The van der Waals surface area contributed by atoms with Gasteiger partial charge >= 0.3 is 0 Å². The number of H-pyrrole nitrogens is 1. The lowest BCUT2D eigenvalue weighted by Crippen LogP contribution is -2.25. The maximum atomic E-state index is 13.0. The molecule has 4 aromatic rings. The Morgan fingerprint density at radius 1 is 1.24 bits per heavy atom. The first-order valence-corrected chi connectivity index (χ1v) is 9.25. The molecule has 0 saturated heterocycles. The average molecular weight is 409 g/mol. The van der Waals surface area contributed by atoms with Crippen molar-refractivity contribution in [2.45, 2.75) is 13.0 Å². The zero-order valence-corrected chi connectivity index (χ0v) is 16.4. The number of carbonyl (C=O) groups is 1. The maximum Gasteiger partial charge on any atom is 0.263 e. The van der Waals surface area contributed by atoms with Gasteiger partial charge in [0.05, 0.1) is 40.7 Å². The van der Waals surface area contributed by atoms with Crippen molar-refractivity contribution in [3.8, 4) is 11.3 Å². The van der Waals surface area contributed by atoms with Crippen molar-refractivity contribution in [2.24, 2.45) is 0 Å². The molecule has 0 spiro atoms. The van der Waals surface area contributed by atoms with E-state index in [1.807, 2.05) is 13.0 Å². The first-order valence-electron chi connectivity index (χ1n) is 8.87. The van der Waals surface area contributed by atoms with Crippen LogP contribution < -0.4 is 10.9 Å². The van der Waals surface area contributed by atoms with E-state index in [4.69, 9.17) is 11.6 Å². The molecule has 0 radical (unpaired) electrons. The highest BCUT2D eigenvalue weighted by atomic mass is 35.5. The number of halogens is 1. The quantitative estimate of drug-likeness (QED) is 0.540. The van der Waals surface area contributed by atoms with Crippen LogP contribution in [-0.2, 0) is 0 Å². The average Bonchev–Trinajstić information content (AvgIpc) is 3.18. The first-order chi connectivity index (χ1) is 14.0. The van der Waals surface area contributed by atoms with Crippen LogP contribution in [0.4, 0.5) is 0 Å². The second kappa shape index (κ2) is 7.48. The largest absolute Gasteiger partial charge is 0.355 e. The zero-order valence-electron chi connectivity index (χ0n) is 15.7. The summed E-state index contributed by atoms with van der Waals surface area (Å²) in [6, 6.07) is 8.54. The van der Waals surface area contributed by atoms with E-state index in [-0.39, 0.29) is 17.5 Å². The van der Waals surface area contributed by atoms with Crippen molar-refractivity contribution in [3.05, 3.63) is 75.7 Å². The van der Waals surface area contributed by atoms with E-state index in [0.717, 1.165) is 5.56 Å². The Kier molecular flexibility index (Phi) is 4.85. The van der Waals surface area contributed by atoms with Gasteiger partial charge in [-0.15, -0.1) is 0 Å². The van der Waals surface area contributed by atoms with Crippen LogP contribution in [0.25, 0.3) is 22.2 Å². The molecular weight excluding hydrogens is 392 g/mol. The fourth-order valence-corrected chi connectivity index (χ4v) is 3.34. The summed E-state index contributed by atoms with van der Waals surface area (Å²) in [7, 11) is 1.58. The number of aromatic nitrogens is 5. The van der Waals surface area contributed by atoms with Gasteiger partial charge in [0.25, 0.3) is 11.5 Å². The Morgan fingerprint density at radius 2 is 2.07 bits per heavy atom. The number of pyridine rings is 1. The molecule has 146 valence electrons. The SMILES string of the molecule is CNC(=O)c1cccc(C(C)n2cnc3cc(-c4cn[nH]c4Cl)ncc3c2=O)c1. The molecule has 1 unspecified atom stereocenters. The highest BCUT2D eigenvalue weighted by Gasteiger charge is 2.15. The van der Waals surface area contributed by atoms with Gasteiger partial charge < -0.3 is 5.32 Å². The van der Waals surface area contributed by atoms with Gasteiger partial charge in [0.1, 0.15) is 5.15 Å². The monoisotopic (exact) mass is 408 g/mol. The molecule has 1 atom stereocenters. The molecule has 0 aliphatic carbocycles. The van der Waals surface area contributed by atoms with Crippen LogP contribution in [-0.4, -0.2) is 37.7 Å². The van der Waals surface area contributed by atoms with Gasteiger partial charge in [-0.1, -0.05) is 23.7 Å². The molecule has 0 saturated carbocycles. The summed E-state index contributed by atoms with van der Waals surface area (Å²) in [6.07, 6.45) is 4.56. The molecule has 1 amide bonds. The summed E-state index contributed by atoms with van der Waals surface area (Å²) in [5.74, 6) is -0.183. The van der Waals surface area contributed by atoms with Crippen LogP contribution in [0.5, 0.6) is 0 Å². The normalized spacial score (nSPS) is 12.1. The molecule has 29 heavy (non-hydrogen) atoms. The number of nitrogens with one attached hydrogen (secondary N) is 2. The number of amides is 1. The molecule has 0 bridgehead atoms. The smallest absolute Gasteiger partial charge is 0.263 e. The molecule has 1 aromatic carbocycles. The summed E-state index contributed by atoms with van der Waals surface area (Å²) in [5, 5.41) is 9.89. The third-order valence-corrected chi connectivity index (χ3v) is 5.10. The topological polar surface area (TPSA) is 106 Å². The lowest BCUT2D eigenvalue weighted by Gasteiger charge is -2.16. The minimum atomic E-state index is -0.313. The molecule has 0 aliphatic heterocycles. The third-order valence-electron chi connectivity index (χ3n) is 4.81. The number of fused-ring (bicyclic) bond motifs is 1. The molecule has 0 fully saturated rings. The third kappa shape index (κ3) is 3.38. The van der Waals surface area contributed by atoms with E-state index in [2.05, 4.69) is 25.5 Å². The van der Waals surface area contributed by atoms with E-state index < -0.39 is 0 Å². The molecule has 2 N–H and O–H groups in total. The predicted molar refractivity (Wildman–Crippen MR) is 110 cm³/mol. The molecule has 4 rings (SSSR count). The van der Waals surface area contributed by atoms with Crippen LogP contribution in [0.1, 0.15) is 28.9 Å². The number of hydrogen-bond donors (Lipinski definition) is 2. The van der Waals surface area contributed by atoms with E-state index in [1.54, 1.807) is 37.5 Å². The number of hydrogen-bond acceptors (Lipinski definition) is 5. The summed E-state index contributed by atoms with van der Waals surface area (Å²) >= 11 is 6.06. The van der Waals surface area contributed by atoms with Crippen molar-refractivity contribution in [3.63, 3.8) is 0 Å². The van der Waals surface area contributed by atoms with Crippen LogP contribution in [0.3, 0.4) is 0 Å². The Labute approximate surface area is 170 Å². The molecular formula is C20H17ClN6O2. The summed E-state index contributed by atoms with van der Waals surface area (Å²) in [4.78, 5) is 33.7. The minimum absolute atomic E-state index is 0.183. The second-order valence-electron chi connectivity index (χ2n) is 6.52. The highest BCUT2D eigenvalue weighted by molar-refractivity contribution is 6.32. The van der Waals surface area contributed by atoms with Crippen LogP contribution in [0, 0.1) is 0 Å². The van der Waals surface area contributed by atoms with E-state index in [9.17, 15) is 9.59 Å². The van der Waals surface area contributed by atoms with Gasteiger partial charge in [-0.2, -0.15) is 5.10 Å². The van der Waals surface area contributed by atoms with E-state index in [0.29, 0.717) is 32.9 Å². The number of rotatable bonds is 4. The predicted octanol–water partition coefficient (Wildman–Crippen LogP) is 2.80. The Morgan fingerprint density at radius 3 is 2.79 bits per heavy atom. The second-order valence-corrected chi connectivity index (χ2v) is 6.90. The van der Waals surface area contributed by atoms with Gasteiger partial charge in [0.15, 0.2) is 0 Å². The van der Waals surface area contributed by atoms with Gasteiger partial charge in [0, 0.05) is 18.8 Å². The molecule has 3 heterocycles. The Bertz CT molecular complexity index is 1280. The Hall–Kier alpha value is -3.52.